The van der Waals surface area contributed by atoms with E-state index in [1.54, 1.807) is 25.1 Å². The lowest BCUT2D eigenvalue weighted by molar-refractivity contribution is 0.0922. The van der Waals surface area contributed by atoms with Crippen LogP contribution in [0.5, 0.6) is 5.75 Å². The average Bonchev–Trinajstić information content (AvgIpc) is 2.34. The Morgan fingerprint density at radius 3 is 2.50 bits per heavy atom. The Hall–Kier alpha value is -1.51. The Bertz CT molecular complexity index is 411. The largest absolute Gasteiger partial charge is 0.507 e. The summed E-state index contributed by atoms with van der Waals surface area (Å²) in [5, 5.41) is 12.8. The van der Waals surface area contributed by atoms with Crippen molar-refractivity contribution < 1.29 is 9.90 Å². The third-order valence-electron chi connectivity index (χ3n) is 3.60. The highest BCUT2D eigenvalue weighted by atomic mass is 16.3. The molecule has 100 valence electrons. The van der Waals surface area contributed by atoms with Crippen LogP contribution < -0.4 is 5.32 Å². The highest BCUT2D eigenvalue weighted by molar-refractivity contribution is 5.97. The summed E-state index contributed by atoms with van der Waals surface area (Å²) in [6.07, 6.45) is 2.08. The van der Waals surface area contributed by atoms with Crippen LogP contribution in [0.4, 0.5) is 0 Å². The van der Waals surface area contributed by atoms with Gasteiger partial charge in [0.15, 0.2) is 0 Å². The van der Waals surface area contributed by atoms with Gasteiger partial charge in [-0.1, -0.05) is 38.8 Å². The standard InChI is InChI=1S/C15H23NO2/c1-5-12(6-2)11(4)16-15(18)13-9-7-8-10(3)14(13)17/h7-9,11-12,17H,5-6H2,1-4H3,(H,16,18). The van der Waals surface area contributed by atoms with Gasteiger partial charge in [0.2, 0.25) is 0 Å². The Labute approximate surface area is 109 Å². The van der Waals surface area contributed by atoms with Crippen molar-refractivity contribution in [1.29, 1.82) is 0 Å². The van der Waals surface area contributed by atoms with E-state index in [0.29, 0.717) is 11.5 Å². The van der Waals surface area contributed by atoms with E-state index in [4.69, 9.17) is 0 Å². The van der Waals surface area contributed by atoms with Gasteiger partial charge in [0.05, 0.1) is 5.56 Å². The van der Waals surface area contributed by atoms with E-state index >= 15 is 0 Å². The van der Waals surface area contributed by atoms with Crippen molar-refractivity contribution in [2.75, 3.05) is 0 Å². The molecule has 0 spiro atoms. The molecule has 0 bridgehead atoms. The first kappa shape index (κ1) is 14.6. The normalized spacial score (nSPS) is 12.5. The highest BCUT2D eigenvalue weighted by Gasteiger charge is 2.18. The maximum Gasteiger partial charge on any atom is 0.255 e. The van der Waals surface area contributed by atoms with Gasteiger partial charge in [-0.2, -0.15) is 0 Å². The molecule has 2 N–H and O–H groups in total. The molecule has 3 heteroatoms. The molecule has 0 aliphatic rings. The van der Waals surface area contributed by atoms with E-state index in [-0.39, 0.29) is 17.7 Å². The molecule has 1 amide bonds. The Morgan fingerprint density at radius 1 is 1.33 bits per heavy atom. The lowest BCUT2D eigenvalue weighted by Crippen LogP contribution is -2.37. The average molecular weight is 249 g/mol. The summed E-state index contributed by atoms with van der Waals surface area (Å²) in [5.41, 5.74) is 1.07. The molecule has 0 fully saturated rings. The molecule has 0 heterocycles. The minimum Gasteiger partial charge on any atom is -0.507 e. The van der Waals surface area contributed by atoms with Crippen LogP contribution in [0.25, 0.3) is 0 Å². The predicted octanol–water partition coefficient (Wildman–Crippen LogP) is 3.26. The highest BCUT2D eigenvalue weighted by Crippen LogP contribution is 2.22. The summed E-state index contributed by atoms with van der Waals surface area (Å²) in [4.78, 5) is 12.1. The van der Waals surface area contributed by atoms with Gasteiger partial charge in [0.25, 0.3) is 5.91 Å². The number of aryl methyl sites for hydroxylation is 1. The number of aromatic hydroxyl groups is 1. The maximum absolute atomic E-state index is 12.1. The number of para-hydroxylation sites is 1. The molecule has 1 aromatic carbocycles. The van der Waals surface area contributed by atoms with Crippen LogP contribution in [0, 0.1) is 12.8 Å². The maximum atomic E-state index is 12.1. The van der Waals surface area contributed by atoms with Gasteiger partial charge in [-0.15, -0.1) is 0 Å². The number of hydrogen-bond donors (Lipinski definition) is 2. The molecule has 0 radical (unpaired) electrons. The first-order chi connectivity index (χ1) is 8.51. The number of carbonyl (C=O) groups is 1. The van der Waals surface area contributed by atoms with E-state index in [1.807, 2.05) is 6.92 Å². The summed E-state index contributed by atoms with van der Waals surface area (Å²) >= 11 is 0. The molecule has 18 heavy (non-hydrogen) atoms. The Morgan fingerprint density at radius 2 is 1.94 bits per heavy atom. The summed E-state index contributed by atoms with van der Waals surface area (Å²) in [6, 6.07) is 5.34. The Balaban J connectivity index is 2.79. The first-order valence-electron chi connectivity index (χ1n) is 6.60. The van der Waals surface area contributed by atoms with Crippen molar-refractivity contribution >= 4 is 5.91 Å². The lowest BCUT2D eigenvalue weighted by atomic mass is 9.95. The van der Waals surface area contributed by atoms with E-state index in [2.05, 4.69) is 19.2 Å². The van der Waals surface area contributed by atoms with E-state index in [1.165, 1.54) is 0 Å². The zero-order valence-corrected chi connectivity index (χ0v) is 11.7. The van der Waals surface area contributed by atoms with Crippen molar-refractivity contribution in [1.82, 2.24) is 5.32 Å². The van der Waals surface area contributed by atoms with Gasteiger partial charge in [-0.25, -0.2) is 0 Å². The smallest absolute Gasteiger partial charge is 0.255 e. The zero-order valence-electron chi connectivity index (χ0n) is 11.7. The third kappa shape index (κ3) is 3.25. The first-order valence-corrected chi connectivity index (χ1v) is 6.60. The number of phenols is 1. The fourth-order valence-electron chi connectivity index (χ4n) is 2.24. The molecule has 0 saturated heterocycles. The number of hydrogen-bond acceptors (Lipinski definition) is 2. The minimum absolute atomic E-state index is 0.0757. The van der Waals surface area contributed by atoms with Crippen molar-refractivity contribution in [2.24, 2.45) is 5.92 Å². The molecule has 1 aromatic rings. The second-order valence-corrected chi connectivity index (χ2v) is 4.81. The summed E-state index contributed by atoms with van der Waals surface area (Å²) in [6.45, 7) is 8.06. The molecule has 1 atom stereocenters. The van der Waals surface area contributed by atoms with Crippen LogP contribution in [0.2, 0.25) is 0 Å². The van der Waals surface area contributed by atoms with Gasteiger partial charge in [0, 0.05) is 6.04 Å². The fourth-order valence-corrected chi connectivity index (χ4v) is 2.24. The molecule has 0 saturated carbocycles. The number of carbonyl (C=O) groups excluding carboxylic acids is 1. The van der Waals surface area contributed by atoms with Gasteiger partial charge in [0.1, 0.15) is 5.75 Å². The third-order valence-corrected chi connectivity index (χ3v) is 3.60. The predicted molar refractivity (Wildman–Crippen MR) is 73.8 cm³/mol. The molecule has 0 aliphatic heterocycles. The molecular formula is C15H23NO2. The minimum atomic E-state index is -0.199. The number of benzene rings is 1. The lowest BCUT2D eigenvalue weighted by Gasteiger charge is -2.22. The Kier molecular flexibility index (Phi) is 5.20. The molecular weight excluding hydrogens is 226 g/mol. The van der Waals surface area contributed by atoms with E-state index in [0.717, 1.165) is 18.4 Å². The zero-order chi connectivity index (χ0) is 13.7. The van der Waals surface area contributed by atoms with Crippen LogP contribution in [-0.4, -0.2) is 17.1 Å². The van der Waals surface area contributed by atoms with Crippen LogP contribution in [-0.2, 0) is 0 Å². The van der Waals surface area contributed by atoms with E-state index in [9.17, 15) is 9.90 Å². The molecule has 0 aliphatic carbocycles. The van der Waals surface area contributed by atoms with Gasteiger partial charge in [-0.3, -0.25) is 4.79 Å². The van der Waals surface area contributed by atoms with E-state index < -0.39 is 0 Å². The fraction of sp³-hybridized carbons (Fsp3) is 0.533. The van der Waals surface area contributed by atoms with Crippen molar-refractivity contribution in [3.05, 3.63) is 29.3 Å². The number of nitrogens with one attached hydrogen (secondary N) is 1. The van der Waals surface area contributed by atoms with Crippen LogP contribution in [0.3, 0.4) is 0 Å². The molecule has 1 unspecified atom stereocenters. The number of phenolic OH excluding ortho intramolecular Hbond substituents is 1. The number of rotatable bonds is 5. The topological polar surface area (TPSA) is 49.3 Å². The van der Waals surface area contributed by atoms with Crippen LogP contribution >= 0.6 is 0 Å². The second-order valence-electron chi connectivity index (χ2n) is 4.81. The SMILES string of the molecule is CCC(CC)C(C)NC(=O)c1cccc(C)c1O. The number of amides is 1. The summed E-state index contributed by atoms with van der Waals surface area (Å²) < 4.78 is 0. The monoisotopic (exact) mass is 249 g/mol. The van der Waals surface area contributed by atoms with Crippen molar-refractivity contribution in [2.45, 2.75) is 46.6 Å². The van der Waals surface area contributed by atoms with Crippen LogP contribution in [0.15, 0.2) is 18.2 Å². The van der Waals surface area contributed by atoms with Gasteiger partial charge in [-0.05, 0) is 31.4 Å². The van der Waals surface area contributed by atoms with Gasteiger partial charge >= 0.3 is 0 Å². The van der Waals surface area contributed by atoms with Crippen molar-refractivity contribution in [3.8, 4) is 5.75 Å². The summed E-state index contributed by atoms with van der Waals surface area (Å²) in [5.74, 6) is 0.350. The van der Waals surface area contributed by atoms with Crippen LogP contribution in [0.1, 0.15) is 49.5 Å². The quantitative estimate of drug-likeness (QED) is 0.841. The molecule has 0 aromatic heterocycles. The van der Waals surface area contributed by atoms with Gasteiger partial charge < -0.3 is 10.4 Å². The van der Waals surface area contributed by atoms with Crippen molar-refractivity contribution in [3.63, 3.8) is 0 Å². The second kappa shape index (κ2) is 6.43. The summed E-state index contributed by atoms with van der Waals surface area (Å²) in [7, 11) is 0. The molecule has 1 rings (SSSR count). The molecule has 3 nitrogen and oxygen atoms in total.